The number of carbonyl (C=O) groups is 9. The van der Waals surface area contributed by atoms with Gasteiger partial charge in [0.15, 0.2) is 28.9 Å². The molecule has 140 heavy (non-hydrogen) atoms. The second kappa shape index (κ2) is 43.6. The van der Waals surface area contributed by atoms with Crippen LogP contribution in [0.25, 0.3) is 17.3 Å². The summed E-state index contributed by atoms with van der Waals surface area (Å²) in [7, 11) is 3.94. The number of ketones is 6. The Balaban J connectivity index is 0.000000149. The van der Waals surface area contributed by atoms with Gasteiger partial charge in [0.25, 0.3) is 23.3 Å². The first kappa shape index (κ1) is 99.9. The van der Waals surface area contributed by atoms with Crippen LogP contribution in [0.2, 0.25) is 0 Å². The highest BCUT2D eigenvalue weighted by atomic mass is 16.5. The van der Waals surface area contributed by atoms with E-state index in [1.807, 2.05) is 162 Å². The minimum absolute atomic E-state index is 0.0446. The van der Waals surface area contributed by atoms with Gasteiger partial charge in [-0.3, -0.25) is 53.0 Å². The van der Waals surface area contributed by atoms with E-state index < -0.39 is 70.9 Å². The highest BCUT2D eigenvalue weighted by Crippen LogP contribution is 2.48. The molecular weight excluding hydrogens is 1770 g/mol. The minimum Gasteiger partial charge on any atom is -0.507 e. The number of esters is 1. The van der Waals surface area contributed by atoms with E-state index in [1.165, 1.54) is 21.6 Å². The molecule has 0 saturated carbocycles. The molecule has 17 rings (SSSR count). The van der Waals surface area contributed by atoms with Crippen molar-refractivity contribution in [3.8, 4) is 5.75 Å². The number of rotatable bonds is 22. The fourth-order valence-electron chi connectivity index (χ4n) is 16.8. The number of amides is 2. The van der Waals surface area contributed by atoms with Crippen LogP contribution in [-0.2, 0) is 47.8 Å². The fourth-order valence-corrected chi connectivity index (χ4v) is 16.8. The van der Waals surface area contributed by atoms with Gasteiger partial charge in [-0.2, -0.15) is 30.6 Å². The van der Waals surface area contributed by atoms with Crippen molar-refractivity contribution < 1.29 is 72.7 Å². The molecule has 0 aliphatic carbocycles. The number of ether oxygens (including phenoxy) is 3. The molecule has 0 bridgehead atoms. The number of aryl methyl sites for hydroxylation is 8. The summed E-state index contributed by atoms with van der Waals surface area (Å²) >= 11 is 0. The van der Waals surface area contributed by atoms with Crippen LogP contribution in [0.3, 0.4) is 0 Å². The number of hydrogen-bond donors (Lipinski definition) is 3. The molecule has 4 atom stereocenters. The summed E-state index contributed by atoms with van der Waals surface area (Å²) in [5.41, 5.74) is 16.2. The lowest BCUT2D eigenvalue weighted by Crippen LogP contribution is -2.36. The number of nitrogens with zero attached hydrogens (tertiary/aromatic N) is 14. The van der Waals surface area contributed by atoms with E-state index in [4.69, 9.17) is 14.2 Å². The van der Waals surface area contributed by atoms with Crippen LogP contribution in [0.15, 0.2) is 265 Å². The molecule has 0 radical (unpaired) electrons. The predicted octanol–water partition coefficient (Wildman–Crippen LogP) is 18.2. The van der Waals surface area contributed by atoms with Crippen molar-refractivity contribution in [1.82, 2.24) is 45.7 Å². The highest BCUT2D eigenvalue weighted by Gasteiger charge is 2.52. The molecule has 5 aliphatic heterocycles. The topological polar surface area (TPSA) is 365 Å². The Morgan fingerprint density at radius 2 is 0.814 bits per heavy atom. The maximum atomic E-state index is 14.0. The Bertz CT molecular complexity index is 6780. The number of aliphatic hydroxyl groups excluding tert-OH is 3. The number of morpholine rings is 1. The fraction of sp³-hybridized carbons (Fsp3) is 0.270. The summed E-state index contributed by atoms with van der Waals surface area (Å²) < 4.78 is 16.6. The Morgan fingerprint density at radius 3 is 1.23 bits per heavy atom. The number of anilines is 5. The first-order valence-electron chi connectivity index (χ1n) is 46.2. The highest BCUT2D eigenvalue weighted by molar-refractivity contribution is 6.52. The van der Waals surface area contributed by atoms with Crippen LogP contribution in [0.5, 0.6) is 5.75 Å². The Labute approximate surface area is 813 Å². The Kier molecular flexibility index (Phi) is 31.1. The summed E-state index contributed by atoms with van der Waals surface area (Å²) in [6.07, 6.45) is 0. The van der Waals surface area contributed by atoms with Crippen molar-refractivity contribution in [3.05, 3.63) is 371 Å². The van der Waals surface area contributed by atoms with Crippen LogP contribution in [-0.4, -0.2) is 167 Å². The van der Waals surface area contributed by atoms with Crippen LogP contribution in [0.1, 0.15) is 202 Å². The van der Waals surface area contributed by atoms with Gasteiger partial charge in [0, 0.05) is 65.9 Å². The second-order valence-electron chi connectivity index (χ2n) is 36.2. The van der Waals surface area contributed by atoms with Gasteiger partial charge in [0.1, 0.15) is 41.6 Å². The smallest absolute Gasteiger partial charge is 0.308 e. The quantitative estimate of drug-likeness (QED) is 0.0186. The van der Waals surface area contributed by atoms with Crippen molar-refractivity contribution in [1.29, 1.82) is 0 Å². The van der Waals surface area contributed by atoms with E-state index in [0.29, 0.717) is 117 Å². The maximum absolute atomic E-state index is 14.0. The van der Waals surface area contributed by atoms with Gasteiger partial charge in [-0.1, -0.05) is 198 Å². The van der Waals surface area contributed by atoms with Crippen LogP contribution in [0.4, 0.5) is 28.7 Å². The maximum Gasteiger partial charge on any atom is 0.308 e. The van der Waals surface area contributed by atoms with Gasteiger partial charge in [-0.25, -0.2) is 0 Å². The molecule has 9 heterocycles. The number of aliphatic hydroxyl groups is 3. The van der Waals surface area contributed by atoms with E-state index in [9.17, 15) is 58.5 Å². The number of carbonyl (C=O) groups excluding carboxylic acids is 9. The van der Waals surface area contributed by atoms with Crippen LogP contribution in [0, 0.1) is 55.4 Å². The molecule has 5 aliphatic rings. The normalized spacial score (nSPS) is 17.6. The lowest BCUT2D eigenvalue weighted by atomic mass is 9.90. The molecule has 0 spiro atoms. The van der Waals surface area contributed by atoms with Crippen molar-refractivity contribution >= 4 is 98.5 Å². The summed E-state index contributed by atoms with van der Waals surface area (Å²) in [4.78, 5) is 129. The average molecular weight is 1880 g/mol. The Morgan fingerprint density at radius 1 is 0.414 bits per heavy atom. The van der Waals surface area contributed by atoms with E-state index >= 15 is 0 Å². The number of aromatic nitrogens is 8. The number of benzene rings is 8. The number of hydrogen-bond acceptors (Lipinski definition) is 27. The van der Waals surface area contributed by atoms with Gasteiger partial charge in [-0.15, -0.1) is 10.2 Å². The molecule has 12 aromatic rings. The summed E-state index contributed by atoms with van der Waals surface area (Å²) in [5.74, 6) is -4.92. The van der Waals surface area contributed by atoms with Crippen LogP contribution < -0.4 is 29.2 Å². The molecule has 29 nitrogen and oxygen atoms in total. The van der Waals surface area contributed by atoms with Gasteiger partial charge in [0.05, 0.1) is 70.6 Å². The lowest BCUT2D eigenvalue weighted by Gasteiger charge is -2.30. The van der Waals surface area contributed by atoms with Crippen molar-refractivity contribution in [2.75, 3.05) is 78.0 Å². The number of Topliss-reactive ketones (excluding diaryl/α,β-unsaturated/α-hetero) is 6. The van der Waals surface area contributed by atoms with Crippen molar-refractivity contribution in [2.45, 2.75) is 146 Å². The molecule has 2 amide bonds. The zero-order chi connectivity index (χ0) is 100. The zero-order valence-corrected chi connectivity index (χ0v) is 81.3. The standard InChI is InChI=1S/C30H31N3O4.C29H30N4O4.C27H28N4O4.C25H23N3O3/c1-17(2)21-8-12-23(13-9-21)27-26(28(35)24-14-10-22(11-15-24)18(3)4)29(37-20(6)34)30(36)33(27)25-16-7-19(5)31-32-25;1-18(2)20-5-7-21(8-6-20)27(34)26-29(36)28(35)25(24-13-4-19(3)30-31-24)33(26)23-11-9-22(10-12-23)32-14-16-37-17-15-32;1-17-5-8-19(9-6-17)25(32)24-27(34)26(33)23(22-14-7-18(2)28-29-22)31(24)20-10-12-21(13-11-20)35-16-15-30(3)4;1-14-5-9-18(10-6-14)23(29)21-22(19-11-7-15(2)13-16(19)3)28(25(31)24(21)30)20-12-8-17(4)26-27-20/h7-18,27H,1-6H3;4-13,18,25,34H,14-17H2,1-3H3;5-14,23,32H,15-16H2,1-4H3;5-13,22,29H,1-4H3. The third kappa shape index (κ3) is 22.0. The molecule has 8 aromatic carbocycles. The third-order valence-corrected chi connectivity index (χ3v) is 24.6. The van der Waals surface area contributed by atoms with E-state index in [0.717, 1.165) is 69.8 Å². The van der Waals surface area contributed by atoms with Gasteiger partial charge in [0.2, 0.25) is 17.3 Å². The largest absolute Gasteiger partial charge is 0.507 e. The van der Waals surface area contributed by atoms with E-state index in [2.05, 4.69) is 87.2 Å². The molecule has 4 fully saturated rings. The lowest BCUT2D eigenvalue weighted by molar-refractivity contribution is -0.140. The third-order valence-electron chi connectivity index (χ3n) is 24.6. The van der Waals surface area contributed by atoms with Gasteiger partial charge < -0.3 is 49.1 Å². The minimum atomic E-state index is -1.04. The summed E-state index contributed by atoms with van der Waals surface area (Å²) in [6, 6.07) is 67.2. The molecule has 3 N–H and O–H groups in total. The monoisotopic (exact) mass is 1880 g/mol. The van der Waals surface area contributed by atoms with E-state index in [-0.39, 0.29) is 63.0 Å². The SMILES string of the molecule is CC(=O)OC1=C(C(=O)c2ccc(C(C)C)cc2)C(c2ccc(C(C)C)cc2)N(c2ccc(C)nn2)C1=O.Cc1ccc(C(O)=C2C(=O)C(=O)C(c3ccc(C)nn3)N2c2ccc(OCCN(C)C)cc2)cc1.Cc1ccc(C(O)=C2C(=O)C(=O)N(c3ccc(C)nn3)C2c2ccc(C)cc2C)cc1.Cc1ccc(C2C(=O)C(=O)C(=C(O)c3ccc(C(C)C)cc3)N2c2ccc(N3CCOCC3)cc2)nn1. The molecule has 716 valence electrons. The Hall–Kier alpha value is -16.0. The van der Waals surface area contributed by atoms with E-state index in [1.54, 1.807) is 154 Å². The first-order chi connectivity index (χ1) is 67.0. The second-order valence-corrected chi connectivity index (χ2v) is 36.2. The zero-order valence-electron chi connectivity index (χ0n) is 81.3. The predicted molar refractivity (Wildman–Crippen MR) is 535 cm³/mol. The molecule has 4 aromatic heterocycles. The van der Waals surface area contributed by atoms with Crippen molar-refractivity contribution in [3.63, 3.8) is 0 Å². The van der Waals surface area contributed by atoms with Crippen molar-refractivity contribution in [2.24, 2.45) is 0 Å². The number of likely N-dealkylation sites (N-methyl/N-ethyl adjacent to an activating group) is 1. The summed E-state index contributed by atoms with van der Waals surface area (Å²) in [5, 5.41) is 66.7. The summed E-state index contributed by atoms with van der Waals surface area (Å²) in [6.45, 7) is 32.9. The molecular formula is C111H112N14O15. The average Bonchev–Trinajstić information content (AvgIpc) is 1.60. The van der Waals surface area contributed by atoms with Gasteiger partial charge >= 0.3 is 11.9 Å². The number of allylic oxidation sites excluding steroid dienone is 2. The van der Waals surface area contributed by atoms with Crippen LogP contribution >= 0.6 is 0 Å². The van der Waals surface area contributed by atoms with Gasteiger partial charge in [-0.05, 0) is 218 Å². The first-order valence-corrected chi connectivity index (χ1v) is 46.2. The molecule has 29 heteroatoms. The molecule has 4 saturated heterocycles. The molecule has 4 unspecified atom stereocenters.